The van der Waals surface area contributed by atoms with E-state index in [0.717, 1.165) is 38.8 Å². The van der Waals surface area contributed by atoms with Gasteiger partial charge >= 0.3 is 0 Å². The van der Waals surface area contributed by atoms with E-state index in [9.17, 15) is 14.9 Å². The molecule has 0 bridgehead atoms. The van der Waals surface area contributed by atoms with Gasteiger partial charge in [-0.25, -0.2) is 0 Å². The fourth-order valence-electron chi connectivity index (χ4n) is 3.64. The Bertz CT molecular complexity index is 649. The smallest absolute Gasteiger partial charge is 0.294 e. The van der Waals surface area contributed by atoms with Crippen molar-refractivity contribution in [3.05, 3.63) is 33.3 Å². The monoisotopic (exact) mass is 366 g/mol. The minimum absolute atomic E-state index is 0.0346. The Morgan fingerprint density at radius 2 is 2.24 bits per heavy atom. The largest absolute Gasteiger partial charge is 0.366 e. The van der Waals surface area contributed by atoms with Crippen molar-refractivity contribution in [2.45, 2.75) is 31.7 Å². The highest BCUT2D eigenvalue weighted by atomic mass is 35.5. The van der Waals surface area contributed by atoms with Gasteiger partial charge < -0.3 is 15.5 Å². The molecule has 0 aromatic heterocycles. The quantitative estimate of drug-likeness (QED) is 0.617. The number of anilines is 1. The molecule has 25 heavy (non-hydrogen) atoms. The summed E-state index contributed by atoms with van der Waals surface area (Å²) in [6.07, 6.45) is 3.88. The van der Waals surface area contributed by atoms with E-state index in [0.29, 0.717) is 23.8 Å². The molecule has 1 aromatic carbocycles. The Balaban J connectivity index is 1.61. The minimum Gasteiger partial charge on any atom is -0.366 e. The lowest BCUT2D eigenvalue weighted by atomic mass is 9.97. The lowest BCUT2D eigenvalue weighted by Crippen LogP contribution is -2.45. The fourth-order valence-corrected chi connectivity index (χ4v) is 3.80. The van der Waals surface area contributed by atoms with E-state index in [1.54, 1.807) is 12.1 Å². The molecule has 2 fully saturated rings. The minimum atomic E-state index is -0.391. The molecule has 0 saturated carbocycles. The van der Waals surface area contributed by atoms with Gasteiger partial charge in [0.25, 0.3) is 5.69 Å². The average Bonchev–Trinajstić information content (AvgIpc) is 3.14. The number of carbonyl (C=O) groups excluding carboxylic acids is 1. The van der Waals surface area contributed by atoms with E-state index < -0.39 is 4.92 Å². The van der Waals surface area contributed by atoms with E-state index in [1.807, 2.05) is 4.90 Å². The number of amides is 1. The molecule has 1 aromatic rings. The third kappa shape index (κ3) is 4.41. The van der Waals surface area contributed by atoms with Crippen LogP contribution in [-0.2, 0) is 4.79 Å². The molecule has 136 valence electrons. The topological polar surface area (TPSA) is 87.5 Å². The molecule has 7 nitrogen and oxygen atoms in total. The molecule has 0 radical (unpaired) electrons. The molecule has 3 rings (SSSR count). The third-order valence-corrected chi connectivity index (χ3v) is 5.17. The SMILES string of the molecule is O=C(NCC1CCCN(c2ccc(Cl)cc2[N+](=O)[O-])C1)C1CCCN1. The zero-order chi connectivity index (χ0) is 17.8. The molecule has 2 saturated heterocycles. The maximum atomic E-state index is 12.1. The Morgan fingerprint density at radius 3 is 2.96 bits per heavy atom. The lowest BCUT2D eigenvalue weighted by molar-refractivity contribution is -0.384. The number of piperidine rings is 1. The summed E-state index contributed by atoms with van der Waals surface area (Å²) in [5.74, 6) is 0.349. The molecular weight excluding hydrogens is 344 g/mol. The first-order valence-corrected chi connectivity index (χ1v) is 9.12. The number of benzene rings is 1. The highest BCUT2D eigenvalue weighted by molar-refractivity contribution is 6.30. The van der Waals surface area contributed by atoms with Gasteiger partial charge in [0.05, 0.1) is 11.0 Å². The van der Waals surface area contributed by atoms with Crippen molar-refractivity contribution in [2.24, 2.45) is 5.92 Å². The van der Waals surface area contributed by atoms with Crippen LogP contribution in [0.15, 0.2) is 18.2 Å². The van der Waals surface area contributed by atoms with Crippen molar-refractivity contribution >= 4 is 28.9 Å². The molecule has 0 aliphatic carbocycles. The number of halogens is 1. The molecule has 2 N–H and O–H groups in total. The molecule has 8 heteroatoms. The van der Waals surface area contributed by atoms with E-state index in [1.165, 1.54) is 6.07 Å². The van der Waals surface area contributed by atoms with Crippen LogP contribution in [0.2, 0.25) is 5.02 Å². The van der Waals surface area contributed by atoms with Crippen LogP contribution in [-0.4, -0.2) is 43.1 Å². The second-order valence-corrected chi connectivity index (χ2v) is 7.17. The molecule has 2 aliphatic rings. The molecule has 1 amide bonds. The number of nitro benzene ring substituents is 1. The predicted molar refractivity (Wildman–Crippen MR) is 97.1 cm³/mol. The third-order valence-electron chi connectivity index (χ3n) is 4.94. The number of carbonyl (C=O) groups is 1. The van der Waals surface area contributed by atoms with Gasteiger partial charge in [-0.05, 0) is 50.3 Å². The standard InChI is InChI=1S/C17H23ClN4O3/c18-13-5-6-15(16(9-13)22(24)25)21-8-2-3-12(11-21)10-20-17(23)14-4-1-7-19-14/h5-6,9,12,14,19H,1-4,7-8,10-11H2,(H,20,23). The second-order valence-electron chi connectivity index (χ2n) is 6.74. The Kier molecular flexibility index (Phi) is 5.75. The van der Waals surface area contributed by atoms with Crippen LogP contribution < -0.4 is 15.5 Å². The van der Waals surface area contributed by atoms with Gasteiger partial charge in [0.1, 0.15) is 5.69 Å². The first-order chi connectivity index (χ1) is 12.0. The number of hydrogen-bond acceptors (Lipinski definition) is 5. The summed E-state index contributed by atoms with van der Waals surface area (Å²) in [7, 11) is 0. The van der Waals surface area contributed by atoms with Crippen molar-refractivity contribution in [3.8, 4) is 0 Å². The molecule has 2 heterocycles. The molecule has 2 aliphatic heterocycles. The molecular formula is C17H23ClN4O3. The summed E-state index contributed by atoms with van der Waals surface area (Å²) in [6.45, 7) is 2.97. The van der Waals surface area contributed by atoms with Gasteiger partial charge in [0, 0.05) is 30.7 Å². The molecule has 2 atom stereocenters. The zero-order valence-corrected chi connectivity index (χ0v) is 14.8. The maximum Gasteiger partial charge on any atom is 0.294 e. The number of nitrogens with one attached hydrogen (secondary N) is 2. The summed E-state index contributed by atoms with van der Waals surface area (Å²) in [5, 5.41) is 17.9. The number of hydrogen-bond donors (Lipinski definition) is 2. The van der Waals surface area contributed by atoms with Crippen molar-refractivity contribution < 1.29 is 9.72 Å². The van der Waals surface area contributed by atoms with Gasteiger partial charge in [0.15, 0.2) is 0 Å². The normalized spacial score (nSPS) is 23.5. The number of nitro groups is 1. The lowest BCUT2D eigenvalue weighted by Gasteiger charge is -2.34. The van der Waals surface area contributed by atoms with Gasteiger partial charge in [-0.1, -0.05) is 11.6 Å². The van der Waals surface area contributed by atoms with Crippen molar-refractivity contribution in [1.82, 2.24) is 10.6 Å². The van der Waals surface area contributed by atoms with Gasteiger partial charge in [0.2, 0.25) is 5.91 Å². The molecule has 2 unspecified atom stereocenters. The summed E-state index contributed by atoms with van der Waals surface area (Å²) in [5.41, 5.74) is 0.634. The second kappa shape index (κ2) is 8.01. The fraction of sp³-hybridized carbons (Fsp3) is 0.588. The predicted octanol–water partition coefficient (Wildman–Crippen LogP) is 2.33. The van der Waals surface area contributed by atoms with E-state index in [2.05, 4.69) is 10.6 Å². The van der Waals surface area contributed by atoms with Gasteiger partial charge in [-0.3, -0.25) is 14.9 Å². The van der Waals surface area contributed by atoms with Gasteiger partial charge in [-0.15, -0.1) is 0 Å². The van der Waals surface area contributed by atoms with Crippen LogP contribution >= 0.6 is 11.6 Å². The summed E-state index contributed by atoms with van der Waals surface area (Å²) >= 11 is 5.90. The summed E-state index contributed by atoms with van der Waals surface area (Å²) in [4.78, 5) is 25.1. The van der Waals surface area contributed by atoms with E-state index in [4.69, 9.17) is 11.6 Å². The van der Waals surface area contributed by atoms with Crippen LogP contribution in [0.3, 0.4) is 0 Å². The Hall–Kier alpha value is -1.86. The first kappa shape index (κ1) is 17.9. The van der Waals surface area contributed by atoms with Crippen molar-refractivity contribution in [2.75, 3.05) is 31.1 Å². The Labute approximate surface area is 151 Å². The summed E-state index contributed by atoms with van der Waals surface area (Å²) < 4.78 is 0. The highest BCUT2D eigenvalue weighted by Crippen LogP contribution is 2.33. The van der Waals surface area contributed by atoms with Gasteiger partial charge in [-0.2, -0.15) is 0 Å². The number of rotatable bonds is 5. The highest BCUT2D eigenvalue weighted by Gasteiger charge is 2.27. The van der Waals surface area contributed by atoms with Crippen LogP contribution in [0.5, 0.6) is 0 Å². The van der Waals surface area contributed by atoms with E-state index in [-0.39, 0.29) is 23.6 Å². The van der Waals surface area contributed by atoms with E-state index >= 15 is 0 Å². The zero-order valence-electron chi connectivity index (χ0n) is 14.0. The Morgan fingerprint density at radius 1 is 1.40 bits per heavy atom. The van der Waals surface area contributed by atoms with Crippen LogP contribution in [0.1, 0.15) is 25.7 Å². The van der Waals surface area contributed by atoms with Crippen LogP contribution in [0, 0.1) is 16.0 Å². The van der Waals surface area contributed by atoms with Crippen LogP contribution in [0.4, 0.5) is 11.4 Å². The average molecular weight is 367 g/mol. The first-order valence-electron chi connectivity index (χ1n) is 8.74. The van der Waals surface area contributed by atoms with Crippen molar-refractivity contribution in [1.29, 1.82) is 0 Å². The van der Waals surface area contributed by atoms with Crippen molar-refractivity contribution in [3.63, 3.8) is 0 Å². The summed E-state index contributed by atoms with van der Waals surface area (Å²) in [6, 6.07) is 4.72. The molecule has 0 spiro atoms. The number of nitrogens with zero attached hydrogens (tertiary/aromatic N) is 2. The maximum absolute atomic E-state index is 12.1. The van der Waals surface area contributed by atoms with Crippen LogP contribution in [0.25, 0.3) is 0 Å².